The second kappa shape index (κ2) is 10.3. The van der Waals surface area contributed by atoms with Crippen LogP contribution in [0.5, 0.6) is 11.5 Å². The van der Waals surface area contributed by atoms with Crippen molar-refractivity contribution in [3.8, 4) is 11.5 Å². The highest BCUT2D eigenvalue weighted by molar-refractivity contribution is 7.16. The molecule has 1 N–H and O–H groups in total. The Balaban J connectivity index is 1.43. The third kappa shape index (κ3) is 5.42. The van der Waals surface area contributed by atoms with Crippen molar-refractivity contribution >= 4 is 51.0 Å². The molecule has 1 heterocycles. The van der Waals surface area contributed by atoms with Gasteiger partial charge in [0.15, 0.2) is 18.1 Å². The molecule has 0 aliphatic heterocycles. The van der Waals surface area contributed by atoms with E-state index in [0.717, 1.165) is 20.6 Å². The SMILES string of the molecule is COc1cc(/C=N/N=c2\sc3ccccc3n2C)ccc1OCC(=O)Nc1ccccc1Cl. The number of hydrogen-bond acceptors (Lipinski definition) is 6. The summed E-state index contributed by atoms with van der Waals surface area (Å²) in [4.78, 5) is 13.0. The Hall–Kier alpha value is -3.62. The van der Waals surface area contributed by atoms with Crippen LogP contribution in [-0.4, -0.2) is 30.4 Å². The number of aromatic nitrogens is 1. The van der Waals surface area contributed by atoms with Crippen LogP contribution in [0.4, 0.5) is 5.69 Å². The molecule has 0 fully saturated rings. The van der Waals surface area contributed by atoms with Gasteiger partial charge in [-0.05, 0) is 48.0 Å². The van der Waals surface area contributed by atoms with Crippen LogP contribution in [-0.2, 0) is 11.8 Å². The van der Waals surface area contributed by atoms with E-state index in [4.69, 9.17) is 21.1 Å². The summed E-state index contributed by atoms with van der Waals surface area (Å²) in [6, 6.07) is 20.4. The maximum absolute atomic E-state index is 12.2. The lowest BCUT2D eigenvalue weighted by Crippen LogP contribution is -2.20. The van der Waals surface area contributed by atoms with E-state index in [1.54, 1.807) is 53.9 Å². The molecule has 168 valence electrons. The third-order valence-corrected chi connectivity index (χ3v) is 6.19. The van der Waals surface area contributed by atoms with Gasteiger partial charge < -0.3 is 19.4 Å². The quantitative estimate of drug-likeness (QED) is 0.303. The maximum atomic E-state index is 12.2. The van der Waals surface area contributed by atoms with Gasteiger partial charge in [0.2, 0.25) is 4.80 Å². The molecule has 4 aromatic rings. The van der Waals surface area contributed by atoms with Gasteiger partial charge in [0, 0.05) is 7.05 Å². The predicted molar refractivity (Wildman–Crippen MR) is 133 cm³/mol. The number of aryl methyl sites for hydroxylation is 1. The van der Waals surface area contributed by atoms with E-state index in [1.807, 2.05) is 35.9 Å². The average Bonchev–Trinajstić information content (AvgIpc) is 3.15. The van der Waals surface area contributed by atoms with Crippen LogP contribution < -0.4 is 19.6 Å². The number of carbonyl (C=O) groups is 1. The topological polar surface area (TPSA) is 77.2 Å². The van der Waals surface area contributed by atoms with Crippen molar-refractivity contribution in [2.24, 2.45) is 17.3 Å². The van der Waals surface area contributed by atoms with Crippen LogP contribution in [0.1, 0.15) is 5.56 Å². The summed E-state index contributed by atoms with van der Waals surface area (Å²) in [5.74, 6) is 0.597. The van der Waals surface area contributed by atoms with Crippen LogP contribution >= 0.6 is 22.9 Å². The van der Waals surface area contributed by atoms with Gasteiger partial charge in [-0.15, -0.1) is 5.10 Å². The van der Waals surface area contributed by atoms with Crippen molar-refractivity contribution in [1.29, 1.82) is 0 Å². The highest BCUT2D eigenvalue weighted by Gasteiger charge is 2.10. The van der Waals surface area contributed by atoms with Crippen LogP contribution in [0.15, 0.2) is 76.9 Å². The molecule has 0 saturated heterocycles. The molecule has 0 bridgehead atoms. The Bertz CT molecular complexity index is 1390. The Morgan fingerprint density at radius 3 is 2.70 bits per heavy atom. The number of rotatable bonds is 7. The molecule has 0 atom stereocenters. The molecular weight excluding hydrogens is 460 g/mol. The zero-order valence-corrected chi connectivity index (χ0v) is 19.6. The minimum absolute atomic E-state index is 0.188. The summed E-state index contributed by atoms with van der Waals surface area (Å²) in [7, 11) is 3.50. The van der Waals surface area contributed by atoms with E-state index in [0.29, 0.717) is 22.2 Å². The number of ether oxygens (including phenoxy) is 2. The molecule has 0 unspecified atom stereocenters. The number of benzene rings is 3. The fraction of sp³-hybridized carbons (Fsp3) is 0.125. The van der Waals surface area contributed by atoms with Gasteiger partial charge in [0.1, 0.15) is 0 Å². The molecule has 4 rings (SSSR count). The molecule has 7 nitrogen and oxygen atoms in total. The van der Waals surface area contributed by atoms with E-state index in [1.165, 1.54) is 7.11 Å². The highest BCUT2D eigenvalue weighted by Crippen LogP contribution is 2.28. The number of halogens is 1. The monoisotopic (exact) mass is 480 g/mol. The zero-order chi connectivity index (χ0) is 23.2. The normalized spacial score (nSPS) is 11.8. The Morgan fingerprint density at radius 1 is 1.12 bits per heavy atom. The summed E-state index contributed by atoms with van der Waals surface area (Å²) in [6.07, 6.45) is 1.64. The van der Waals surface area contributed by atoms with Gasteiger partial charge in [-0.25, -0.2) is 0 Å². The molecular formula is C24H21ClN4O3S. The molecule has 1 aromatic heterocycles. The number of carbonyl (C=O) groups excluding carboxylic acids is 1. The molecule has 0 radical (unpaired) electrons. The number of anilines is 1. The number of nitrogens with zero attached hydrogens (tertiary/aromatic N) is 3. The van der Waals surface area contributed by atoms with Gasteiger partial charge in [0.25, 0.3) is 5.91 Å². The summed E-state index contributed by atoms with van der Waals surface area (Å²) in [5.41, 5.74) is 2.42. The molecule has 9 heteroatoms. The largest absolute Gasteiger partial charge is 0.493 e. The molecule has 0 saturated carbocycles. The first kappa shape index (κ1) is 22.6. The van der Waals surface area contributed by atoms with Gasteiger partial charge in [-0.1, -0.05) is 47.2 Å². The van der Waals surface area contributed by atoms with Crippen molar-refractivity contribution in [2.75, 3.05) is 19.0 Å². The number of methoxy groups -OCH3 is 1. The molecule has 1 amide bonds. The van der Waals surface area contributed by atoms with E-state index in [2.05, 4.69) is 21.6 Å². The summed E-state index contributed by atoms with van der Waals surface area (Å²) < 4.78 is 14.2. The van der Waals surface area contributed by atoms with Crippen molar-refractivity contribution in [2.45, 2.75) is 0 Å². The fourth-order valence-electron chi connectivity index (χ4n) is 3.10. The van der Waals surface area contributed by atoms with E-state index in [9.17, 15) is 4.79 Å². The van der Waals surface area contributed by atoms with Crippen LogP contribution in [0, 0.1) is 0 Å². The van der Waals surface area contributed by atoms with Gasteiger partial charge in [-0.3, -0.25) is 4.79 Å². The van der Waals surface area contributed by atoms with E-state index >= 15 is 0 Å². The van der Waals surface area contributed by atoms with Gasteiger partial charge in [-0.2, -0.15) is 5.10 Å². The second-order valence-corrected chi connectivity index (χ2v) is 8.40. The lowest BCUT2D eigenvalue weighted by atomic mass is 10.2. The molecule has 0 aliphatic rings. The van der Waals surface area contributed by atoms with Crippen LogP contribution in [0.3, 0.4) is 0 Å². The first-order valence-electron chi connectivity index (χ1n) is 10.0. The summed E-state index contributed by atoms with van der Waals surface area (Å²) in [5, 5.41) is 11.7. The first-order chi connectivity index (χ1) is 16.0. The number of amides is 1. The number of nitrogens with one attached hydrogen (secondary N) is 1. The average molecular weight is 481 g/mol. The number of thiazole rings is 1. The zero-order valence-electron chi connectivity index (χ0n) is 18.0. The number of para-hydroxylation sites is 2. The molecule has 33 heavy (non-hydrogen) atoms. The van der Waals surface area contributed by atoms with Crippen molar-refractivity contribution in [3.05, 3.63) is 82.1 Å². The van der Waals surface area contributed by atoms with Gasteiger partial charge >= 0.3 is 0 Å². The lowest BCUT2D eigenvalue weighted by molar-refractivity contribution is -0.118. The molecule has 0 spiro atoms. The minimum Gasteiger partial charge on any atom is -0.493 e. The smallest absolute Gasteiger partial charge is 0.262 e. The van der Waals surface area contributed by atoms with E-state index in [-0.39, 0.29) is 12.5 Å². The first-order valence-corrected chi connectivity index (χ1v) is 11.2. The van der Waals surface area contributed by atoms with E-state index < -0.39 is 0 Å². The van der Waals surface area contributed by atoms with Crippen molar-refractivity contribution in [1.82, 2.24) is 4.57 Å². The van der Waals surface area contributed by atoms with Gasteiger partial charge in [0.05, 0.1) is 34.3 Å². The summed E-state index contributed by atoms with van der Waals surface area (Å²) >= 11 is 7.64. The highest BCUT2D eigenvalue weighted by atomic mass is 35.5. The Morgan fingerprint density at radius 2 is 1.91 bits per heavy atom. The van der Waals surface area contributed by atoms with Crippen molar-refractivity contribution in [3.63, 3.8) is 0 Å². The standard InChI is InChI=1S/C24H21ClN4O3S/c1-29-19-9-5-6-10-22(19)33-24(29)28-26-14-16-11-12-20(21(13-16)31-2)32-15-23(30)27-18-8-4-3-7-17(18)25/h3-14H,15H2,1-2H3,(H,27,30)/b26-14+,28-24-. The third-order valence-electron chi connectivity index (χ3n) is 4.76. The molecule has 0 aliphatic carbocycles. The van der Waals surface area contributed by atoms with Crippen LogP contribution in [0.25, 0.3) is 10.2 Å². The molecule has 3 aromatic carbocycles. The maximum Gasteiger partial charge on any atom is 0.262 e. The van der Waals surface area contributed by atoms with Crippen LogP contribution in [0.2, 0.25) is 5.02 Å². The fourth-order valence-corrected chi connectivity index (χ4v) is 4.26. The predicted octanol–water partition coefficient (Wildman–Crippen LogP) is 4.85. The van der Waals surface area contributed by atoms with Crippen molar-refractivity contribution < 1.29 is 14.3 Å². The number of hydrogen-bond donors (Lipinski definition) is 1. The number of fused-ring (bicyclic) bond motifs is 1. The lowest BCUT2D eigenvalue weighted by Gasteiger charge is -2.12. The Kier molecular flexibility index (Phi) is 7.07. The summed E-state index contributed by atoms with van der Waals surface area (Å²) in [6.45, 7) is -0.188. The Labute approximate surface area is 199 Å². The second-order valence-electron chi connectivity index (χ2n) is 6.98. The minimum atomic E-state index is -0.328.